The third-order valence-electron chi connectivity index (χ3n) is 4.53. The summed E-state index contributed by atoms with van der Waals surface area (Å²) in [6.07, 6.45) is 1.55. The number of halogens is 2. The second kappa shape index (κ2) is 9.47. The van der Waals surface area contributed by atoms with Crippen molar-refractivity contribution >= 4 is 63.7 Å². The molecule has 30 heavy (non-hydrogen) atoms. The Labute approximate surface area is 190 Å². The molecule has 1 N–H and O–H groups in total. The monoisotopic (exact) mass is 463 g/mol. The van der Waals surface area contributed by atoms with Crippen molar-refractivity contribution in [2.75, 3.05) is 23.9 Å². The van der Waals surface area contributed by atoms with Gasteiger partial charge >= 0.3 is 0 Å². The first kappa shape index (κ1) is 22.1. The maximum atomic E-state index is 13.2. The average Bonchev–Trinajstić information content (AvgIpc) is 2.92. The number of amides is 2. The van der Waals surface area contributed by atoms with E-state index in [0.29, 0.717) is 33.7 Å². The molecule has 2 aromatic rings. The van der Waals surface area contributed by atoms with Crippen molar-refractivity contribution in [3.8, 4) is 5.75 Å². The summed E-state index contributed by atoms with van der Waals surface area (Å²) in [6.45, 7) is 4.04. The number of thiocarbonyl (C=S) groups is 1. The van der Waals surface area contributed by atoms with Gasteiger partial charge in [0.25, 0.3) is 5.91 Å². The summed E-state index contributed by atoms with van der Waals surface area (Å²) in [5, 5.41) is 3.89. The van der Waals surface area contributed by atoms with E-state index in [9.17, 15) is 9.59 Å². The molecule has 0 saturated carbocycles. The van der Waals surface area contributed by atoms with E-state index in [2.05, 4.69) is 11.9 Å². The molecule has 2 aromatic carbocycles. The van der Waals surface area contributed by atoms with Gasteiger partial charge in [0.2, 0.25) is 5.91 Å². The molecule has 2 amide bonds. The number of nitrogens with zero attached hydrogens (tertiary/aromatic N) is 2. The molecule has 0 aliphatic carbocycles. The topological polar surface area (TPSA) is 61.9 Å². The van der Waals surface area contributed by atoms with Crippen LogP contribution in [0, 0.1) is 0 Å². The summed E-state index contributed by atoms with van der Waals surface area (Å²) in [7, 11) is 1.51. The molecule has 0 bridgehead atoms. The number of nitrogens with one attached hydrogen (secondary N) is 1. The van der Waals surface area contributed by atoms with Crippen molar-refractivity contribution in [1.29, 1.82) is 0 Å². The van der Waals surface area contributed by atoms with Gasteiger partial charge in [0.1, 0.15) is 11.8 Å². The normalized spacial score (nSPS) is 16.0. The Morgan fingerprint density at radius 3 is 2.70 bits per heavy atom. The van der Waals surface area contributed by atoms with E-state index < -0.39 is 6.04 Å². The van der Waals surface area contributed by atoms with E-state index in [0.717, 1.165) is 0 Å². The van der Waals surface area contributed by atoms with Crippen LogP contribution in [-0.4, -0.2) is 41.5 Å². The van der Waals surface area contributed by atoms with Gasteiger partial charge in [0.05, 0.1) is 24.2 Å². The minimum absolute atomic E-state index is 0.0836. The van der Waals surface area contributed by atoms with Gasteiger partial charge in [-0.25, -0.2) is 0 Å². The molecule has 0 radical (unpaired) electrons. The molecule has 3 rings (SSSR count). The third-order valence-corrected chi connectivity index (χ3v) is 5.47. The second-order valence-corrected chi connectivity index (χ2v) is 7.70. The fourth-order valence-electron chi connectivity index (χ4n) is 3.17. The molecule has 1 fully saturated rings. The number of carbonyl (C=O) groups is 2. The van der Waals surface area contributed by atoms with E-state index in [1.165, 1.54) is 12.0 Å². The maximum absolute atomic E-state index is 13.2. The van der Waals surface area contributed by atoms with Gasteiger partial charge < -0.3 is 15.0 Å². The Balaban J connectivity index is 1.83. The number of methoxy groups -OCH3 is 1. The van der Waals surface area contributed by atoms with Crippen LogP contribution in [-0.2, 0) is 9.59 Å². The van der Waals surface area contributed by atoms with E-state index >= 15 is 0 Å². The lowest BCUT2D eigenvalue weighted by molar-refractivity contribution is -0.124. The number of ether oxygens (including phenoxy) is 1. The number of benzene rings is 2. The van der Waals surface area contributed by atoms with Crippen molar-refractivity contribution < 1.29 is 14.3 Å². The highest BCUT2D eigenvalue weighted by Crippen LogP contribution is 2.33. The van der Waals surface area contributed by atoms with Gasteiger partial charge in [-0.05, 0) is 48.6 Å². The second-order valence-electron chi connectivity index (χ2n) is 6.49. The quantitative estimate of drug-likeness (QED) is 0.483. The van der Waals surface area contributed by atoms with Crippen LogP contribution in [0.1, 0.15) is 6.42 Å². The summed E-state index contributed by atoms with van der Waals surface area (Å²) in [6, 6.07) is 11.0. The Bertz CT molecular complexity index is 1010. The lowest BCUT2D eigenvalue weighted by atomic mass is 10.1. The highest BCUT2D eigenvalue weighted by Gasteiger charge is 2.43. The highest BCUT2D eigenvalue weighted by molar-refractivity contribution is 7.80. The smallest absolute Gasteiger partial charge is 0.256 e. The lowest BCUT2D eigenvalue weighted by Crippen LogP contribution is -2.37. The molecule has 156 valence electrons. The predicted molar refractivity (Wildman–Crippen MR) is 123 cm³/mol. The van der Waals surface area contributed by atoms with Crippen LogP contribution in [0.2, 0.25) is 10.0 Å². The fourth-order valence-corrected chi connectivity index (χ4v) is 4.01. The first-order valence-electron chi connectivity index (χ1n) is 9.00. The minimum atomic E-state index is -0.768. The standard InChI is InChI=1S/C21H19Cl2N3O3S/c1-3-9-25-17(12-19(27)24-14-6-4-5-13(22)10-14)20(28)26(21(25)30)15-7-8-18(29-2)16(23)11-15/h3-8,10-11,17H,1,9,12H2,2H3,(H,24,27)/t17-/m0/s1. The van der Waals surface area contributed by atoms with E-state index in [4.69, 9.17) is 40.2 Å². The summed E-state index contributed by atoms with van der Waals surface area (Å²) in [4.78, 5) is 28.8. The molecule has 1 atom stereocenters. The van der Waals surface area contributed by atoms with Gasteiger partial charge in [0.15, 0.2) is 5.11 Å². The lowest BCUT2D eigenvalue weighted by Gasteiger charge is -2.22. The number of anilines is 2. The summed E-state index contributed by atoms with van der Waals surface area (Å²) in [5.41, 5.74) is 1.05. The van der Waals surface area contributed by atoms with Crippen molar-refractivity contribution in [1.82, 2.24) is 4.90 Å². The molecule has 9 heteroatoms. The van der Waals surface area contributed by atoms with E-state index in [1.54, 1.807) is 53.4 Å². The van der Waals surface area contributed by atoms with Gasteiger partial charge in [-0.1, -0.05) is 35.3 Å². The first-order chi connectivity index (χ1) is 14.3. The van der Waals surface area contributed by atoms with Gasteiger partial charge in [-0.15, -0.1) is 6.58 Å². The van der Waals surface area contributed by atoms with Crippen LogP contribution in [0.25, 0.3) is 0 Å². The minimum Gasteiger partial charge on any atom is -0.495 e. The predicted octanol–water partition coefficient (Wildman–Crippen LogP) is 4.52. The third kappa shape index (κ3) is 4.59. The maximum Gasteiger partial charge on any atom is 0.256 e. The van der Waals surface area contributed by atoms with Crippen molar-refractivity contribution in [2.24, 2.45) is 0 Å². The molecule has 0 unspecified atom stereocenters. The summed E-state index contributed by atoms with van der Waals surface area (Å²) in [5.74, 6) is -0.162. The Morgan fingerprint density at radius 2 is 2.07 bits per heavy atom. The number of hydrogen-bond acceptors (Lipinski definition) is 4. The number of hydrogen-bond donors (Lipinski definition) is 1. The molecule has 1 aliphatic rings. The first-order valence-corrected chi connectivity index (χ1v) is 10.2. The Hall–Kier alpha value is -2.61. The molecule has 0 spiro atoms. The van der Waals surface area contributed by atoms with Crippen molar-refractivity contribution in [3.63, 3.8) is 0 Å². The van der Waals surface area contributed by atoms with Gasteiger partial charge in [0, 0.05) is 17.3 Å². The molecule has 1 saturated heterocycles. The molecule has 6 nitrogen and oxygen atoms in total. The van der Waals surface area contributed by atoms with Crippen molar-refractivity contribution in [2.45, 2.75) is 12.5 Å². The summed E-state index contributed by atoms with van der Waals surface area (Å²) >= 11 is 17.7. The Kier molecular flexibility index (Phi) is 6.97. The largest absolute Gasteiger partial charge is 0.495 e. The molecule has 0 aromatic heterocycles. The van der Waals surface area contributed by atoms with Crippen molar-refractivity contribution in [3.05, 3.63) is 65.2 Å². The molecular weight excluding hydrogens is 445 g/mol. The zero-order chi connectivity index (χ0) is 21.8. The van der Waals surface area contributed by atoms with Gasteiger partial charge in [-0.3, -0.25) is 14.5 Å². The highest BCUT2D eigenvalue weighted by atomic mass is 35.5. The van der Waals surface area contributed by atoms with Crippen LogP contribution in [0.5, 0.6) is 5.75 Å². The number of carbonyl (C=O) groups excluding carboxylic acids is 2. The van der Waals surface area contributed by atoms with Crippen LogP contribution in [0.4, 0.5) is 11.4 Å². The zero-order valence-electron chi connectivity index (χ0n) is 16.1. The van der Waals surface area contributed by atoms with Crippen LogP contribution >= 0.6 is 35.4 Å². The van der Waals surface area contributed by atoms with Crippen LogP contribution < -0.4 is 15.0 Å². The molecule has 1 aliphatic heterocycles. The SMILES string of the molecule is C=CCN1C(=S)N(c2ccc(OC)c(Cl)c2)C(=O)[C@@H]1CC(=O)Nc1cccc(Cl)c1. The van der Waals surface area contributed by atoms with Gasteiger partial charge in [-0.2, -0.15) is 0 Å². The van der Waals surface area contributed by atoms with Crippen LogP contribution in [0.3, 0.4) is 0 Å². The molecular formula is C21H19Cl2N3O3S. The van der Waals surface area contributed by atoms with E-state index in [1.807, 2.05) is 0 Å². The van der Waals surface area contributed by atoms with Crippen LogP contribution in [0.15, 0.2) is 55.1 Å². The number of rotatable bonds is 7. The summed E-state index contributed by atoms with van der Waals surface area (Å²) < 4.78 is 5.16. The fraction of sp³-hybridized carbons (Fsp3) is 0.190. The Morgan fingerprint density at radius 1 is 1.30 bits per heavy atom. The zero-order valence-corrected chi connectivity index (χ0v) is 18.4. The van der Waals surface area contributed by atoms with E-state index in [-0.39, 0.29) is 23.3 Å². The molecule has 1 heterocycles. The average molecular weight is 464 g/mol.